The minimum absolute atomic E-state index is 0.162. The summed E-state index contributed by atoms with van der Waals surface area (Å²) in [6.45, 7) is 0.626. The van der Waals surface area contributed by atoms with Crippen LogP contribution in [-0.2, 0) is 4.79 Å². The zero-order valence-electron chi connectivity index (χ0n) is 10.9. The fraction of sp³-hybridized carbons (Fsp3) is 0.333. The number of nitro groups is 1. The predicted octanol–water partition coefficient (Wildman–Crippen LogP) is 1.28. The molecule has 1 amide bonds. The van der Waals surface area contributed by atoms with Gasteiger partial charge >= 0.3 is 0 Å². The van der Waals surface area contributed by atoms with Gasteiger partial charge in [0, 0.05) is 6.54 Å². The van der Waals surface area contributed by atoms with Gasteiger partial charge in [0.2, 0.25) is 0 Å². The number of anilines is 1. The first-order chi connectivity index (χ1) is 9.61. The van der Waals surface area contributed by atoms with Crippen molar-refractivity contribution < 1.29 is 14.5 Å². The highest BCUT2D eigenvalue weighted by Crippen LogP contribution is 2.28. The van der Waals surface area contributed by atoms with Crippen LogP contribution in [0.4, 0.5) is 11.4 Å². The van der Waals surface area contributed by atoms with Crippen LogP contribution in [0, 0.1) is 10.1 Å². The number of hydrogen-bond donors (Lipinski definition) is 2. The lowest BCUT2D eigenvalue weighted by Crippen LogP contribution is -2.37. The number of ether oxygens (including phenoxy) is 1. The molecule has 20 heavy (non-hydrogen) atoms. The molecule has 0 radical (unpaired) electrons. The van der Waals surface area contributed by atoms with Gasteiger partial charge in [-0.2, -0.15) is 5.10 Å². The van der Waals surface area contributed by atoms with Crippen LogP contribution in [0.1, 0.15) is 12.8 Å². The number of rotatable bonds is 4. The molecule has 1 aromatic rings. The lowest BCUT2D eigenvalue weighted by Gasteiger charge is -2.13. The van der Waals surface area contributed by atoms with Crippen molar-refractivity contribution in [1.82, 2.24) is 5.32 Å². The number of hydrogen-bond acceptors (Lipinski definition) is 6. The molecule has 1 saturated heterocycles. The van der Waals surface area contributed by atoms with Gasteiger partial charge < -0.3 is 10.1 Å². The normalized spacial score (nSPS) is 16.6. The number of amides is 1. The first kappa shape index (κ1) is 13.8. The quantitative estimate of drug-likeness (QED) is 0.637. The first-order valence-corrected chi connectivity index (χ1v) is 6.05. The molecule has 0 atom stereocenters. The molecule has 1 aliphatic heterocycles. The fourth-order valence-corrected chi connectivity index (χ4v) is 1.79. The molecule has 2 rings (SSSR count). The van der Waals surface area contributed by atoms with E-state index in [9.17, 15) is 14.9 Å². The van der Waals surface area contributed by atoms with Crippen molar-refractivity contribution in [2.24, 2.45) is 5.10 Å². The highest BCUT2D eigenvalue weighted by molar-refractivity contribution is 6.39. The number of nitrogens with one attached hydrogen (secondary N) is 2. The van der Waals surface area contributed by atoms with E-state index in [1.54, 1.807) is 6.07 Å². The van der Waals surface area contributed by atoms with Gasteiger partial charge in [0.25, 0.3) is 11.6 Å². The zero-order chi connectivity index (χ0) is 14.5. The number of benzene rings is 1. The molecule has 8 nitrogen and oxygen atoms in total. The smallest absolute Gasteiger partial charge is 0.297 e. The van der Waals surface area contributed by atoms with Crippen LogP contribution < -0.4 is 15.5 Å². The second-order valence-electron chi connectivity index (χ2n) is 4.17. The summed E-state index contributed by atoms with van der Waals surface area (Å²) in [4.78, 5) is 22.0. The molecule has 0 spiro atoms. The van der Waals surface area contributed by atoms with E-state index in [1.807, 2.05) is 0 Å². The Morgan fingerprint density at radius 2 is 2.30 bits per heavy atom. The third-order valence-corrected chi connectivity index (χ3v) is 2.85. The summed E-state index contributed by atoms with van der Waals surface area (Å²) < 4.78 is 4.94. The summed E-state index contributed by atoms with van der Waals surface area (Å²) in [6.07, 6.45) is 1.35. The second kappa shape index (κ2) is 6.00. The lowest BCUT2D eigenvalue weighted by atomic mass is 10.1. The maximum atomic E-state index is 11.5. The number of nitro benzene ring substituents is 1. The molecule has 106 valence electrons. The van der Waals surface area contributed by atoms with Crippen molar-refractivity contribution in [3.05, 3.63) is 28.3 Å². The predicted molar refractivity (Wildman–Crippen MR) is 72.9 cm³/mol. The first-order valence-electron chi connectivity index (χ1n) is 6.05. The van der Waals surface area contributed by atoms with Gasteiger partial charge in [0.05, 0.1) is 18.1 Å². The Hall–Kier alpha value is -2.64. The Balaban J connectivity index is 2.22. The third-order valence-electron chi connectivity index (χ3n) is 2.85. The van der Waals surface area contributed by atoms with Gasteiger partial charge in [0.1, 0.15) is 17.1 Å². The van der Waals surface area contributed by atoms with Gasteiger partial charge in [-0.1, -0.05) is 0 Å². The number of nitrogens with zero attached hydrogens (tertiary/aromatic N) is 2. The van der Waals surface area contributed by atoms with Crippen LogP contribution in [0.2, 0.25) is 0 Å². The molecule has 0 aromatic heterocycles. The Morgan fingerprint density at radius 1 is 1.50 bits per heavy atom. The minimum atomic E-state index is -0.536. The van der Waals surface area contributed by atoms with Crippen LogP contribution in [0.25, 0.3) is 0 Å². The largest absolute Gasteiger partial charge is 0.496 e. The number of carbonyl (C=O) groups excluding carboxylic acids is 1. The van der Waals surface area contributed by atoms with Crippen LogP contribution in [0.3, 0.4) is 0 Å². The highest BCUT2D eigenvalue weighted by Gasteiger charge is 2.18. The van der Waals surface area contributed by atoms with E-state index in [4.69, 9.17) is 4.74 Å². The van der Waals surface area contributed by atoms with Gasteiger partial charge in [-0.25, -0.2) is 0 Å². The molecular formula is C12H14N4O4. The SMILES string of the molecule is COc1ccc(N/N=C2\CCCNC2=O)c([N+](=O)[O-])c1. The molecule has 1 aromatic carbocycles. The van der Waals surface area contributed by atoms with Crippen molar-refractivity contribution in [3.8, 4) is 5.75 Å². The van der Waals surface area contributed by atoms with Gasteiger partial charge in [-0.15, -0.1) is 0 Å². The average molecular weight is 278 g/mol. The van der Waals surface area contributed by atoms with Crippen molar-refractivity contribution in [3.63, 3.8) is 0 Å². The Bertz CT molecular complexity index is 571. The molecule has 0 saturated carbocycles. The number of carbonyl (C=O) groups is 1. The molecule has 0 bridgehead atoms. The van der Waals surface area contributed by atoms with E-state index in [0.717, 1.165) is 6.42 Å². The Kier molecular flexibility index (Phi) is 4.14. The van der Waals surface area contributed by atoms with E-state index in [2.05, 4.69) is 15.8 Å². The number of piperidine rings is 1. The molecule has 8 heteroatoms. The van der Waals surface area contributed by atoms with E-state index >= 15 is 0 Å². The molecule has 0 aliphatic carbocycles. The van der Waals surface area contributed by atoms with Crippen LogP contribution in [0.5, 0.6) is 5.75 Å². The van der Waals surface area contributed by atoms with Crippen LogP contribution in [0.15, 0.2) is 23.3 Å². The number of hydrazone groups is 1. The molecule has 2 N–H and O–H groups in total. The standard InChI is InChI=1S/C12H14N4O4/c1-20-8-4-5-9(11(7-8)16(18)19)14-15-10-3-2-6-13-12(10)17/h4-5,7,14H,2-3,6H2,1H3,(H,13,17)/b15-10+. The molecule has 1 aliphatic rings. The minimum Gasteiger partial charge on any atom is -0.496 e. The van der Waals surface area contributed by atoms with Crippen LogP contribution >= 0.6 is 0 Å². The summed E-state index contributed by atoms with van der Waals surface area (Å²) in [7, 11) is 1.43. The second-order valence-corrected chi connectivity index (χ2v) is 4.17. The van der Waals surface area contributed by atoms with E-state index in [0.29, 0.717) is 24.4 Å². The molecule has 1 fully saturated rings. The van der Waals surface area contributed by atoms with Crippen molar-refractivity contribution in [2.75, 3.05) is 19.1 Å². The topological polar surface area (TPSA) is 106 Å². The van der Waals surface area contributed by atoms with E-state index < -0.39 is 4.92 Å². The fourth-order valence-electron chi connectivity index (χ4n) is 1.79. The molecule has 0 unspecified atom stereocenters. The highest BCUT2D eigenvalue weighted by atomic mass is 16.6. The third kappa shape index (κ3) is 3.02. The number of methoxy groups -OCH3 is 1. The summed E-state index contributed by atoms with van der Waals surface area (Å²) in [5, 5.41) is 17.6. The van der Waals surface area contributed by atoms with Crippen molar-refractivity contribution >= 4 is 23.0 Å². The monoisotopic (exact) mass is 278 g/mol. The van der Waals surface area contributed by atoms with E-state index in [-0.39, 0.29) is 17.3 Å². The van der Waals surface area contributed by atoms with Crippen molar-refractivity contribution in [2.45, 2.75) is 12.8 Å². The molecule has 1 heterocycles. The summed E-state index contributed by atoms with van der Waals surface area (Å²) in [6, 6.07) is 4.36. The van der Waals surface area contributed by atoms with Gasteiger partial charge in [0.15, 0.2) is 0 Å². The lowest BCUT2D eigenvalue weighted by molar-refractivity contribution is -0.384. The van der Waals surface area contributed by atoms with Gasteiger partial charge in [-0.3, -0.25) is 20.3 Å². The van der Waals surface area contributed by atoms with E-state index in [1.165, 1.54) is 19.2 Å². The Morgan fingerprint density at radius 3 is 2.95 bits per heavy atom. The Labute approximate surface area is 115 Å². The zero-order valence-corrected chi connectivity index (χ0v) is 10.9. The summed E-state index contributed by atoms with van der Waals surface area (Å²) in [5.41, 5.74) is 2.96. The molecular weight excluding hydrogens is 264 g/mol. The summed E-state index contributed by atoms with van der Waals surface area (Å²) in [5.74, 6) is 0.130. The average Bonchev–Trinajstić information content (AvgIpc) is 2.46. The van der Waals surface area contributed by atoms with Crippen LogP contribution in [-0.4, -0.2) is 30.2 Å². The maximum Gasteiger partial charge on any atom is 0.297 e. The maximum absolute atomic E-state index is 11.5. The van der Waals surface area contributed by atoms with Crippen molar-refractivity contribution in [1.29, 1.82) is 0 Å². The van der Waals surface area contributed by atoms with Gasteiger partial charge in [-0.05, 0) is 25.0 Å². The summed E-state index contributed by atoms with van der Waals surface area (Å²) >= 11 is 0.